The average Bonchev–Trinajstić information content (AvgIpc) is 3.27. The molecule has 0 radical (unpaired) electrons. The smallest absolute Gasteiger partial charge is 0.276 e. The summed E-state index contributed by atoms with van der Waals surface area (Å²) in [5.74, 6) is 2.01. The lowest BCUT2D eigenvalue weighted by atomic mass is 10.1. The number of aliphatic imine (C=N–C) groups is 1. The number of aliphatic hydroxyl groups is 1. The highest BCUT2D eigenvalue weighted by Gasteiger charge is 2.23. The minimum absolute atomic E-state index is 0.220. The van der Waals surface area contributed by atoms with E-state index in [0.29, 0.717) is 55.7 Å². The van der Waals surface area contributed by atoms with Gasteiger partial charge in [0.15, 0.2) is 22.8 Å². The number of imidazole rings is 1. The number of anilines is 1. The number of amidine groups is 1. The summed E-state index contributed by atoms with van der Waals surface area (Å²) in [6.45, 7) is 4.73. The van der Waals surface area contributed by atoms with E-state index in [1.807, 2.05) is 53.9 Å². The Hall–Kier alpha value is -4.39. The molecule has 0 spiro atoms. The van der Waals surface area contributed by atoms with Gasteiger partial charge >= 0.3 is 0 Å². The van der Waals surface area contributed by atoms with Crippen LogP contribution in [-0.2, 0) is 23.1 Å². The number of hydrogen-bond donors (Lipinski definition) is 3. The number of ether oxygens (including phenoxy) is 1. The highest BCUT2D eigenvalue weighted by molar-refractivity contribution is 5.98. The van der Waals surface area contributed by atoms with Gasteiger partial charge in [0.1, 0.15) is 11.7 Å². The van der Waals surface area contributed by atoms with Gasteiger partial charge in [-0.15, -0.1) is 0 Å². The van der Waals surface area contributed by atoms with Crippen molar-refractivity contribution in [2.75, 3.05) is 38.3 Å². The number of rotatable bonds is 6. The molecule has 2 aromatic heterocycles. The van der Waals surface area contributed by atoms with Crippen molar-refractivity contribution < 1.29 is 19.8 Å². The second-order valence-corrected chi connectivity index (χ2v) is 9.62. The molecule has 2 aliphatic heterocycles. The molecule has 1 atom stereocenters. The molecule has 0 saturated carbocycles. The fraction of sp³-hybridized carbons (Fsp3) is 0.321. The predicted octanol–water partition coefficient (Wildman–Crippen LogP) is 2.27. The first-order chi connectivity index (χ1) is 19.4. The molecule has 2 aliphatic rings. The number of aliphatic hydroxyl groups excluding tert-OH is 1. The van der Waals surface area contributed by atoms with Crippen molar-refractivity contribution in [3.8, 4) is 11.4 Å². The molecular formula is C28H32N8O4. The topological polar surface area (TPSA) is 141 Å². The molecule has 12 nitrogen and oxygen atoms in total. The number of fused-ring (bicyclic) bond motifs is 1. The maximum Gasteiger partial charge on any atom is 0.276 e. The molecule has 3 aromatic rings. The molecule has 4 heterocycles. The van der Waals surface area contributed by atoms with Crippen LogP contribution >= 0.6 is 0 Å². The first-order valence-corrected chi connectivity index (χ1v) is 13.0. The molecule has 5 rings (SSSR count). The van der Waals surface area contributed by atoms with Gasteiger partial charge in [-0.25, -0.2) is 25.4 Å². The normalized spacial score (nSPS) is 18.4. The summed E-state index contributed by atoms with van der Waals surface area (Å²) in [6, 6.07) is 7.62. The van der Waals surface area contributed by atoms with Gasteiger partial charge in [-0.3, -0.25) is 10.0 Å². The number of amides is 1. The van der Waals surface area contributed by atoms with E-state index < -0.39 is 12.0 Å². The van der Waals surface area contributed by atoms with Crippen LogP contribution in [0.3, 0.4) is 0 Å². The second-order valence-electron chi connectivity index (χ2n) is 9.62. The largest absolute Gasteiger partial charge is 0.389 e. The van der Waals surface area contributed by atoms with Crippen LogP contribution in [0.5, 0.6) is 0 Å². The minimum atomic E-state index is -0.642. The van der Waals surface area contributed by atoms with Crippen molar-refractivity contribution in [1.82, 2.24) is 29.9 Å². The van der Waals surface area contributed by atoms with Gasteiger partial charge in [-0.1, -0.05) is 30.4 Å². The van der Waals surface area contributed by atoms with E-state index in [1.165, 1.54) is 6.20 Å². The van der Waals surface area contributed by atoms with Gasteiger partial charge in [-0.05, 0) is 30.7 Å². The Balaban J connectivity index is 1.54. The summed E-state index contributed by atoms with van der Waals surface area (Å²) in [7, 11) is 3.81. The van der Waals surface area contributed by atoms with E-state index in [4.69, 9.17) is 24.9 Å². The molecule has 3 N–H and O–H groups in total. The van der Waals surface area contributed by atoms with Gasteiger partial charge < -0.3 is 24.2 Å². The third-order valence-electron chi connectivity index (χ3n) is 6.83. The quantitative estimate of drug-likeness (QED) is 0.315. The number of morpholine rings is 1. The van der Waals surface area contributed by atoms with E-state index in [0.717, 1.165) is 22.8 Å². The third kappa shape index (κ3) is 5.64. The Morgan fingerprint density at radius 2 is 1.95 bits per heavy atom. The van der Waals surface area contributed by atoms with Gasteiger partial charge in [0, 0.05) is 38.9 Å². The molecule has 1 saturated heterocycles. The Kier molecular flexibility index (Phi) is 8.01. The molecule has 0 bridgehead atoms. The lowest BCUT2D eigenvalue weighted by molar-refractivity contribution is -0.124. The number of allylic oxidation sites excluding steroid dienone is 2. The van der Waals surface area contributed by atoms with Crippen LogP contribution in [-0.4, -0.2) is 79.8 Å². The zero-order chi connectivity index (χ0) is 28.2. The number of nitrogens with one attached hydrogen (secondary N) is 1. The van der Waals surface area contributed by atoms with E-state index in [-0.39, 0.29) is 5.57 Å². The van der Waals surface area contributed by atoms with Crippen LogP contribution in [0.1, 0.15) is 24.4 Å². The van der Waals surface area contributed by atoms with Crippen molar-refractivity contribution in [3.05, 3.63) is 71.7 Å². The number of aromatic nitrogens is 4. The van der Waals surface area contributed by atoms with Crippen LogP contribution < -0.4 is 10.4 Å². The molecule has 0 aliphatic carbocycles. The Labute approximate surface area is 231 Å². The Morgan fingerprint density at radius 3 is 2.70 bits per heavy atom. The van der Waals surface area contributed by atoms with E-state index in [1.54, 1.807) is 30.6 Å². The number of carbonyl (C=O) groups is 1. The molecule has 1 fully saturated rings. The number of nitrogens with zero attached hydrogens (tertiary/aromatic N) is 7. The Bertz CT molecular complexity index is 1530. The van der Waals surface area contributed by atoms with E-state index in [9.17, 15) is 9.90 Å². The highest BCUT2D eigenvalue weighted by atomic mass is 16.5. The lowest BCUT2D eigenvalue weighted by Crippen LogP contribution is -2.37. The molecule has 208 valence electrons. The van der Waals surface area contributed by atoms with Gasteiger partial charge in [0.05, 0.1) is 31.4 Å². The zero-order valence-electron chi connectivity index (χ0n) is 22.7. The number of hydrogen-bond acceptors (Lipinski definition) is 10. The van der Waals surface area contributed by atoms with E-state index in [2.05, 4.69) is 9.89 Å². The number of aryl methyl sites for hydroxylation is 1. The highest BCUT2D eigenvalue weighted by Crippen LogP contribution is 2.29. The molecule has 1 amide bonds. The first kappa shape index (κ1) is 27.2. The van der Waals surface area contributed by atoms with Gasteiger partial charge in [-0.2, -0.15) is 0 Å². The summed E-state index contributed by atoms with van der Waals surface area (Å²) in [5.41, 5.74) is 4.84. The first-order valence-electron chi connectivity index (χ1n) is 13.0. The van der Waals surface area contributed by atoms with Crippen LogP contribution in [0, 0.1) is 0 Å². The maximum atomic E-state index is 11.8. The van der Waals surface area contributed by atoms with Crippen LogP contribution in [0.25, 0.3) is 22.6 Å². The standard InChI is InChI=1S/C28H32N8O4/c1-18(37)19-8-6-9-20(15-19)25-31-26-24(27(32-25)36-11-13-40-14-12-36)30-23(35(26)3)17-34(2)22-10-5-4-7-21(16-29-22)28(38)33-39/h4-10,15-16,18,37,39H,11-14,17H2,1-3H3,(H,33,38)/b5-4?,7-4+,10-5?,21-7?,21-16+,22-10?,29-16?,29-22?. The Morgan fingerprint density at radius 1 is 1.18 bits per heavy atom. The summed E-state index contributed by atoms with van der Waals surface area (Å²) in [5, 5.41) is 19.1. The van der Waals surface area contributed by atoms with Crippen LogP contribution in [0.2, 0.25) is 0 Å². The molecule has 1 aromatic carbocycles. The number of benzene rings is 1. The summed E-state index contributed by atoms with van der Waals surface area (Å²) in [4.78, 5) is 35.2. The monoisotopic (exact) mass is 544 g/mol. The molecule has 1 unspecified atom stereocenters. The number of carbonyl (C=O) groups excluding carboxylic acids is 1. The molecular weight excluding hydrogens is 512 g/mol. The lowest BCUT2D eigenvalue weighted by Gasteiger charge is -2.28. The molecule has 40 heavy (non-hydrogen) atoms. The summed E-state index contributed by atoms with van der Waals surface area (Å²) >= 11 is 0. The minimum Gasteiger partial charge on any atom is -0.389 e. The predicted molar refractivity (Wildman–Crippen MR) is 151 cm³/mol. The number of likely N-dealkylation sites (N-methyl/N-ethyl adjacent to an activating group) is 1. The van der Waals surface area contributed by atoms with Crippen molar-refractivity contribution in [1.29, 1.82) is 0 Å². The van der Waals surface area contributed by atoms with Crippen molar-refractivity contribution in [3.63, 3.8) is 0 Å². The van der Waals surface area contributed by atoms with Gasteiger partial charge in [0.2, 0.25) is 0 Å². The van der Waals surface area contributed by atoms with Crippen LogP contribution in [0.15, 0.2) is 65.3 Å². The van der Waals surface area contributed by atoms with Crippen LogP contribution in [0.4, 0.5) is 5.82 Å². The fourth-order valence-corrected chi connectivity index (χ4v) is 4.54. The molecule has 12 heteroatoms. The van der Waals surface area contributed by atoms with Crippen molar-refractivity contribution >= 4 is 28.7 Å². The third-order valence-corrected chi connectivity index (χ3v) is 6.83. The fourth-order valence-electron chi connectivity index (χ4n) is 4.54. The average molecular weight is 545 g/mol. The van der Waals surface area contributed by atoms with Gasteiger partial charge in [0.25, 0.3) is 5.91 Å². The zero-order valence-corrected chi connectivity index (χ0v) is 22.7. The maximum absolute atomic E-state index is 11.8. The van der Waals surface area contributed by atoms with Crippen molar-refractivity contribution in [2.45, 2.75) is 19.6 Å². The van der Waals surface area contributed by atoms with E-state index >= 15 is 0 Å². The van der Waals surface area contributed by atoms with Crippen molar-refractivity contribution in [2.24, 2.45) is 12.0 Å². The number of hydroxylamine groups is 1. The second kappa shape index (κ2) is 11.8. The summed E-state index contributed by atoms with van der Waals surface area (Å²) in [6.07, 6.45) is 7.67. The SMILES string of the molecule is CC(O)c1cccc(-c2nc(N3CCOCC3)c3nc(CN(C)C4=N/C=C(C(=O)NO)\C=C\C=C4)n(C)c3n2)c1. The summed E-state index contributed by atoms with van der Waals surface area (Å²) < 4.78 is 7.53.